The smallest absolute Gasteiger partial charge is 0.227 e. The molecule has 0 bridgehead atoms. The first-order valence-corrected chi connectivity index (χ1v) is 10.0. The lowest BCUT2D eigenvalue weighted by molar-refractivity contribution is -0.122. The summed E-state index contributed by atoms with van der Waals surface area (Å²) in [5.74, 6) is -0.297. The molecule has 8 heteroatoms. The van der Waals surface area contributed by atoms with Gasteiger partial charge in [0.2, 0.25) is 15.9 Å². The topological polar surface area (TPSA) is 84.3 Å². The Morgan fingerprint density at radius 1 is 1.28 bits per heavy atom. The quantitative estimate of drug-likeness (QED) is 0.863. The van der Waals surface area contributed by atoms with E-state index in [2.05, 4.69) is 10.4 Å². The van der Waals surface area contributed by atoms with Gasteiger partial charge in [0.1, 0.15) is 0 Å². The summed E-state index contributed by atoms with van der Waals surface area (Å²) in [6.45, 7) is 3.46. The van der Waals surface area contributed by atoms with Gasteiger partial charge in [-0.3, -0.25) is 9.48 Å². The molecule has 1 N–H and O–H groups in total. The maximum atomic E-state index is 12.3. The molecular weight excluding hydrogens is 340 g/mol. The molecule has 0 radical (unpaired) electrons. The van der Waals surface area contributed by atoms with Crippen LogP contribution in [0.2, 0.25) is 0 Å². The Balaban J connectivity index is 1.62. The van der Waals surface area contributed by atoms with Crippen LogP contribution in [0.15, 0.2) is 36.4 Å². The SMILES string of the molecule is CC(C(=O)NCc1cc2n(n1)CCN(S(C)(=O)=O)C2)c1ccccc1. The van der Waals surface area contributed by atoms with Crippen molar-refractivity contribution in [3.63, 3.8) is 0 Å². The van der Waals surface area contributed by atoms with Gasteiger partial charge in [0.15, 0.2) is 0 Å². The van der Waals surface area contributed by atoms with Gasteiger partial charge in [-0.1, -0.05) is 30.3 Å². The van der Waals surface area contributed by atoms with Crippen molar-refractivity contribution in [2.45, 2.75) is 32.5 Å². The standard InChI is InChI=1S/C17H22N4O3S/c1-13(14-6-4-3-5-7-14)17(22)18-11-15-10-16-12-20(25(2,23)24)8-9-21(16)19-15/h3-7,10,13H,8-9,11-12H2,1-2H3,(H,18,22). The van der Waals surface area contributed by atoms with Gasteiger partial charge in [-0.15, -0.1) is 0 Å². The molecule has 3 rings (SSSR count). The Labute approximate surface area is 147 Å². The van der Waals surface area contributed by atoms with E-state index in [-0.39, 0.29) is 11.8 Å². The number of hydrogen-bond donors (Lipinski definition) is 1. The van der Waals surface area contributed by atoms with Crippen LogP contribution in [0.3, 0.4) is 0 Å². The zero-order valence-electron chi connectivity index (χ0n) is 14.3. The van der Waals surface area contributed by atoms with Crippen molar-refractivity contribution < 1.29 is 13.2 Å². The lowest BCUT2D eigenvalue weighted by atomic mass is 10.0. The first-order chi connectivity index (χ1) is 11.8. The van der Waals surface area contributed by atoms with Crippen molar-refractivity contribution in [3.8, 4) is 0 Å². The average molecular weight is 362 g/mol. The number of hydrogen-bond acceptors (Lipinski definition) is 4. The number of carbonyl (C=O) groups is 1. The van der Waals surface area contributed by atoms with E-state index in [1.165, 1.54) is 10.6 Å². The van der Waals surface area contributed by atoms with Gasteiger partial charge in [-0.05, 0) is 18.6 Å². The number of benzene rings is 1. The molecule has 1 aromatic carbocycles. The molecule has 1 aliphatic heterocycles. The second-order valence-corrected chi connectivity index (χ2v) is 8.28. The second kappa shape index (κ2) is 6.97. The number of carbonyl (C=O) groups excluding carboxylic acids is 1. The van der Waals surface area contributed by atoms with E-state index in [1.54, 1.807) is 0 Å². The molecular formula is C17H22N4O3S. The maximum absolute atomic E-state index is 12.3. The molecule has 134 valence electrons. The minimum absolute atomic E-state index is 0.0602. The number of sulfonamides is 1. The number of fused-ring (bicyclic) bond motifs is 1. The van der Waals surface area contributed by atoms with Crippen LogP contribution in [0.4, 0.5) is 0 Å². The molecule has 2 heterocycles. The normalized spacial score (nSPS) is 16.2. The van der Waals surface area contributed by atoms with Crippen LogP contribution in [-0.4, -0.2) is 41.2 Å². The summed E-state index contributed by atoms with van der Waals surface area (Å²) >= 11 is 0. The van der Waals surface area contributed by atoms with Gasteiger partial charge in [-0.2, -0.15) is 9.40 Å². The lowest BCUT2D eigenvalue weighted by Crippen LogP contribution is -2.37. The van der Waals surface area contributed by atoms with E-state index >= 15 is 0 Å². The molecule has 25 heavy (non-hydrogen) atoms. The van der Waals surface area contributed by atoms with Crippen molar-refractivity contribution in [1.29, 1.82) is 0 Å². The van der Waals surface area contributed by atoms with Crippen molar-refractivity contribution in [3.05, 3.63) is 53.3 Å². The average Bonchev–Trinajstić information content (AvgIpc) is 3.01. The third-order valence-corrected chi connectivity index (χ3v) is 5.67. The molecule has 1 aromatic heterocycles. The monoisotopic (exact) mass is 362 g/mol. The van der Waals surface area contributed by atoms with E-state index in [4.69, 9.17) is 0 Å². The molecule has 0 aliphatic carbocycles. The van der Waals surface area contributed by atoms with Crippen LogP contribution in [0.25, 0.3) is 0 Å². The second-order valence-electron chi connectivity index (χ2n) is 6.30. The fourth-order valence-electron chi connectivity index (χ4n) is 2.90. The number of nitrogens with zero attached hydrogens (tertiary/aromatic N) is 3. The van der Waals surface area contributed by atoms with Crippen LogP contribution >= 0.6 is 0 Å². The van der Waals surface area contributed by atoms with Gasteiger partial charge in [0, 0.05) is 6.54 Å². The van der Waals surface area contributed by atoms with Crippen LogP contribution in [0.1, 0.15) is 29.8 Å². The van der Waals surface area contributed by atoms with Crippen LogP contribution in [0, 0.1) is 0 Å². The van der Waals surface area contributed by atoms with E-state index in [9.17, 15) is 13.2 Å². The van der Waals surface area contributed by atoms with E-state index in [0.717, 1.165) is 17.0 Å². The van der Waals surface area contributed by atoms with Crippen LogP contribution in [-0.2, 0) is 34.5 Å². The van der Waals surface area contributed by atoms with E-state index in [1.807, 2.05) is 48.0 Å². The zero-order chi connectivity index (χ0) is 18.0. The summed E-state index contributed by atoms with van der Waals surface area (Å²) in [5, 5.41) is 7.35. The molecule has 2 aromatic rings. The summed E-state index contributed by atoms with van der Waals surface area (Å²) in [7, 11) is -3.20. The summed E-state index contributed by atoms with van der Waals surface area (Å²) < 4.78 is 26.6. The van der Waals surface area contributed by atoms with Crippen molar-refractivity contribution in [2.24, 2.45) is 0 Å². The van der Waals surface area contributed by atoms with Crippen LogP contribution in [0.5, 0.6) is 0 Å². The first-order valence-electron chi connectivity index (χ1n) is 8.18. The highest BCUT2D eigenvalue weighted by Crippen LogP contribution is 2.17. The molecule has 0 saturated carbocycles. The molecule has 1 atom stereocenters. The summed E-state index contributed by atoms with van der Waals surface area (Å²) in [4.78, 5) is 12.3. The first kappa shape index (κ1) is 17.6. The van der Waals surface area contributed by atoms with Gasteiger partial charge in [0.25, 0.3) is 0 Å². The number of aromatic nitrogens is 2. The minimum atomic E-state index is -3.20. The minimum Gasteiger partial charge on any atom is -0.350 e. The highest BCUT2D eigenvalue weighted by atomic mass is 32.2. The Kier molecular flexibility index (Phi) is 4.91. The summed E-state index contributed by atoms with van der Waals surface area (Å²) in [5.41, 5.74) is 2.55. The number of rotatable bonds is 5. The highest BCUT2D eigenvalue weighted by Gasteiger charge is 2.24. The number of nitrogens with one attached hydrogen (secondary N) is 1. The Bertz CT molecular complexity index is 861. The Morgan fingerprint density at radius 3 is 2.68 bits per heavy atom. The van der Waals surface area contributed by atoms with Gasteiger partial charge >= 0.3 is 0 Å². The third-order valence-electron chi connectivity index (χ3n) is 4.42. The zero-order valence-corrected chi connectivity index (χ0v) is 15.2. The van der Waals surface area contributed by atoms with Gasteiger partial charge in [-0.25, -0.2) is 8.42 Å². The molecule has 1 aliphatic rings. The largest absolute Gasteiger partial charge is 0.350 e. The third kappa shape index (κ3) is 4.08. The predicted octanol–water partition coefficient (Wildman–Crippen LogP) is 1.08. The van der Waals surface area contributed by atoms with Crippen molar-refractivity contribution in [1.82, 2.24) is 19.4 Å². The number of amides is 1. The molecule has 1 amide bonds. The van der Waals surface area contributed by atoms with Crippen molar-refractivity contribution >= 4 is 15.9 Å². The molecule has 7 nitrogen and oxygen atoms in total. The van der Waals surface area contributed by atoms with E-state index < -0.39 is 10.0 Å². The summed E-state index contributed by atoms with van der Waals surface area (Å²) in [6, 6.07) is 11.5. The Morgan fingerprint density at radius 2 is 2.00 bits per heavy atom. The fraction of sp³-hybridized carbons (Fsp3) is 0.412. The predicted molar refractivity (Wildman–Crippen MR) is 94.2 cm³/mol. The molecule has 0 spiro atoms. The molecule has 0 fully saturated rings. The lowest BCUT2D eigenvalue weighted by Gasteiger charge is -2.25. The van der Waals surface area contributed by atoms with Gasteiger partial charge in [0.05, 0.1) is 43.2 Å². The van der Waals surface area contributed by atoms with Crippen LogP contribution < -0.4 is 5.32 Å². The molecule has 0 saturated heterocycles. The Hall–Kier alpha value is -2.19. The fourth-order valence-corrected chi connectivity index (χ4v) is 3.68. The van der Waals surface area contributed by atoms with E-state index in [0.29, 0.717) is 26.2 Å². The maximum Gasteiger partial charge on any atom is 0.227 e. The highest BCUT2D eigenvalue weighted by molar-refractivity contribution is 7.88. The van der Waals surface area contributed by atoms with Crippen molar-refractivity contribution in [2.75, 3.05) is 12.8 Å². The summed E-state index contributed by atoms with van der Waals surface area (Å²) in [6.07, 6.45) is 1.21. The molecule has 1 unspecified atom stereocenters. The van der Waals surface area contributed by atoms with Gasteiger partial charge < -0.3 is 5.32 Å².